The van der Waals surface area contributed by atoms with Gasteiger partial charge in [-0.15, -0.1) is 0 Å². The van der Waals surface area contributed by atoms with Crippen molar-refractivity contribution in [3.8, 4) is 0 Å². The van der Waals surface area contributed by atoms with Crippen LogP contribution in [0.2, 0.25) is 0 Å². The number of hydrogen-bond acceptors (Lipinski definition) is 4. The molecule has 0 radical (unpaired) electrons. The summed E-state index contributed by atoms with van der Waals surface area (Å²) in [6.45, 7) is 2.09. The maximum atomic E-state index is 8.35. The first-order valence-corrected chi connectivity index (χ1v) is 2.95. The van der Waals surface area contributed by atoms with Crippen molar-refractivity contribution in [2.45, 2.75) is 25.5 Å². The van der Waals surface area contributed by atoms with E-state index in [-0.39, 0.29) is 18.9 Å². The Morgan fingerprint density at radius 1 is 1.67 bits per heavy atom. The van der Waals surface area contributed by atoms with Gasteiger partial charge in [-0.05, 0) is 6.92 Å². The van der Waals surface area contributed by atoms with Crippen molar-refractivity contribution in [1.29, 1.82) is 0 Å². The molecule has 1 aliphatic rings. The van der Waals surface area contributed by atoms with Crippen LogP contribution in [-0.4, -0.2) is 35.4 Å². The van der Waals surface area contributed by atoms with Crippen LogP contribution in [0.3, 0.4) is 0 Å². The lowest BCUT2D eigenvalue weighted by molar-refractivity contribution is -0.0388. The second-order valence-corrected chi connectivity index (χ2v) is 2.15. The fourth-order valence-electron chi connectivity index (χ4n) is 0.622. The van der Waals surface area contributed by atoms with Crippen molar-refractivity contribution in [3.05, 3.63) is 0 Å². The average Bonchev–Trinajstić information content (AvgIpc) is 2.42. The quantitative estimate of drug-likeness (QED) is 0.328. The Labute approximate surface area is 53.4 Å². The van der Waals surface area contributed by atoms with E-state index in [0.29, 0.717) is 0 Å². The SMILES string of the molecule is CC1OC1NCC(O)O. The monoisotopic (exact) mass is 133 g/mol. The summed E-state index contributed by atoms with van der Waals surface area (Å²) in [7, 11) is 0. The molecule has 0 spiro atoms. The number of aliphatic hydroxyl groups excluding tert-OH is 1. The molecule has 1 saturated heterocycles. The summed E-state index contributed by atoms with van der Waals surface area (Å²) in [5.41, 5.74) is 0. The molecule has 1 aliphatic heterocycles. The van der Waals surface area contributed by atoms with E-state index in [1.807, 2.05) is 6.92 Å². The lowest BCUT2D eigenvalue weighted by Gasteiger charge is -2.01. The van der Waals surface area contributed by atoms with E-state index >= 15 is 0 Å². The average molecular weight is 133 g/mol. The Bertz CT molecular complexity index is 96.2. The molecule has 1 heterocycles. The van der Waals surface area contributed by atoms with Crippen molar-refractivity contribution in [1.82, 2.24) is 5.32 Å². The molecule has 1 fully saturated rings. The molecule has 0 aromatic heterocycles. The molecule has 0 aliphatic carbocycles. The van der Waals surface area contributed by atoms with Crippen molar-refractivity contribution >= 4 is 0 Å². The summed E-state index contributed by atoms with van der Waals surface area (Å²) < 4.78 is 4.93. The Morgan fingerprint density at radius 3 is 2.56 bits per heavy atom. The van der Waals surface area contributed by atoms with E-state index in [1.165, 1.54) is 0 Å². The van der Waals surface area contributed by atoms with Crippen LogP contribution in [0.1, 0.15) is 6.92 Å². The number of hydrogen-bond donors (Lipinski definition) is 3. The molecule has 0 aromatic rings. The van der Waals surface area contributed by atoms with Gasteiger partial charge in [-0.3, -0.25) is 5.32 Å². The van der Waals surface area contributed by atoms with Crippen molar-refractivity contribution in [3.63, 3.8) is 0 Å². The molecule has 3 N–H and O–H groups in total. The van der Waals surface area contributed by atoms with Gasteiger partial charge < -0.3 is 14.9 Å². The normalized spacial score (nSPS) is 33.3. The van der Waals surface area contributed by atoms with Crippen LogP contribution in [0.4, 0.5) is 0 Å². The fourth-order valence-corrected chi connectivity index (χ4v) is 0.622. The summed E-state index contributed by atoms with van der Waals surface area (Å²) in [5.74, 6) is 0. The molecule has 2 atom stereocenters. The predicted octanol–water partition coefficient (Wildman–Crippen LogP) is -1.37. The zero-order valence-electron chi connectivity index (χ0n) is 5.24. The Kier molecular flexibility index (Phi) is 2.02. The van der Waals surface area contributed by atoms with Gasteiger partial charge in [0.1, 0.15) is 6.23 Å². The molecule has 1 rings (SSSR count). The number of ether oxygens (including phenoxy) is 1. The van der Waals surface area contributed by atoms with Gasteiger partial charge in [0.05, 0.1) is 6.10 Å². The molecule has 54 valence electrons. The van der Waals surface area contributed by atoms with E-state index in [1.54, 1.807) is 0 Å². The maximum absolute atomic E-state index is 8.35. The molecule has 0 aromatic carbocycles. The first-order valence-electron chi connectivity index (χ1n) is 2.95. The first-order chi connectivity index (χ1) is 4.20. The van der Waals surface area contributed by atoms with Gasteiger partial charge in [-0.25, -0.2) is 0 Å². The highest BCUT2D eigenvalue weighted by atomic mass is 16.6. The third-order valence-corrected chi connectivity index (χ3v) is 1.21. The highest BCUT2D eigenvalue weighted by Gasteiger charge is 2.33. The summed E-state index contributed by atoms with van der Waals surface area (Å²) in [5, 5.41) is 19.5. The van der Waals surface area contributed by atoms with Crippen LogP contribution in [0.15, 0.2) is 0 Å². The Morgan fingerprint density at radius 2 is 2.22 bits per heavy atom. The smallest absolute Gasteiger partial charge is 0.164 e. The number of nitrogens with one attached hydrogen (secondary N) is 1. The maximum Gasteiger partial charge on any atom is 0.164 e. The number of rotatable bonds is 3. The van der Waals surface area contributed by atoms with E-state index in [9.17, 15) is 0 Å². The zero-order chi connectivity index (χ0) is 6.85. The lowest BCUT2D eigenvalue weighted by Crippen LogP contribution is -2.29. The molecule has 9 heavy (non-hydrogen) atoms. The molecule has 0 bridgehead atoms. The molecule has 0 amide bonds. The van der Waals surface area contributed by atoms with Gasteiger partial charge in [0.25, 0.3) is 0 Å². The largest absolute Gasteiger partial charge is 0.367 e. The first kappa shape index (κ1) is 6.95. The van der Waals surface area contributed by atoms with Gasteiger partial charge in [0.15, 0.2) is 6.29 Å². The minimum absolute atomic E-state index is 0.0341. The van der Waals surface area contributed by atoms with Crippen molar-refractivity contribution in [2.75, 3.05) is 6.54 Å². The van der Waals surface area contributed by atoms with Crippen LogP contribution in [0, 0.1) is 0 Å². The highest BCUT2D eigenvalue weighted by molar-refractivity contribution is 4.77. The second-order valence-electron chi connectivity index (χ2n) is 2.15. The molecule has 2 unspecified atom stereocenters. The highest BCUT2D eigenvalue weighted by Crippen LogP contribution is 2.16. The van der Waals surface area contributed by atoms with E-state index in [0.717, 1.165) is 0 Å². The van der Waals surface area contributed by atoms with Crippen LogP contribution in [-0.2, 0) is 4.74 Å². The summed E-state index contributed by atoms with van der Waals surface area (Å²) in [6.07, 6.45) is -1.02. The van der Waals surface area contributed by atoms with Gasteiger partial charge in [0.2, 0.25) is 0 Å². The summed E-state index contributed by atoms with van der Waals surface area (Å²) >= 11 is 0. The topological polar surface area (TPSA) is 65.0 Å². The lowest BCUT2D eigenvalue weighted by atomic mass is 10.5. The second kappa shape index (κ2) is 2.62. The molecular formula is C5H11NO3. The van der Waals surface area contributed by atoms with Gasteiger partial charge in [0, 0.05) is 6.54 Å². The number of epoxide rings is 1. The molecular weight excluding hydrogens is 122 g/mol. The zero-order valence-corrected chi connectivity index (χ0v) is 5.24. The third-order valence-electron chi connectivity index (χ3n) is 1.21. The molecule has 0 saturated carbocycles. The van der Waals surface area contributed by atoms with Crippen LogP contribution in [0.5, 0.6) is 0 Å². The number of aliphatic hydroxyl groups is 2. The van der Waals surface area contributed by atoms with Crippen LogP contribution in [0.25, 0.3) is 0 Å². The van der Waals surface area contributed by atoms with Crippen LogP contribution >= 0.6 is 0 Å². The van der Waals surface area contributed by atoms with Gasteiger partial charge >= 0.3 is 0 Å². The summed E-state index contributed by atoms with van der Waals surface area (Å²) in [4.78, 5) is 0. The standard InChI is InChI=1S/C5H11NO3/c1-3-5(9-3)6-2-4(7)8/h3-8H,2H2,1H3. The van der Waals surface area contributed by atoms with Gasteiger partial charge in [-0.2, -0.15) is 0 Å². The minimum Gasteiger partial charge on any atom is -0.367 e. The summed E-state index contributed by atoms with van der Waals surface area (Å²) in [6, 6.07) is 0. The third kappa shape index (κ3) is 2.28. The molecule has 4 nitrogen and oxygen atoms in total. The predicted molar refractivity (Wildman–Crippen MR) is 30.6 cm³/mol. The fraction of sp³-hybridized carbons (Fsp3) is 1.00. The minimum atomic E-state index is -1.28. The Hall–Kier alpha value is -0.160. The van der Waals surface area contributed by atoms with Gasteiger partial charge in [-0.1, -0.05) is 0 Å². The van der Waals surface area contributed by atoms with E-state index < -0.39 is 6.29 Å². The molecule has 4 heteroatoms. The van der Waals surface area contributed by atoms with Crippen molar-refractivity contribution in [2.24, 2.45) is 0 Å². The van der Waals surface area contributed by atoms with Crippen LogP contribution < -0.4 is 5.32 Å². The van der Waals surface area contributed by atoms with E-state index in [4.69, 9.17) is 14.9 Å². The Balaban J connectivity index is 1.94. The van der Waals surface area contributed by atoms with E-state index in [2.05, 4.69) is 5.32 Å². The van der Waals surface area contributed by atoms with Crippen molar-refractivity contribution < 1.29 is 14.9 Å².